The van der Waals surface area contributed by atoms with Crippen molar-refractivity contribution in [3.05, 3.63) is 39.8 Å². The Labute approximate surface area is 157 Å². The summed E-state index contributed by atoms with van der Waals surface area (Å²) in [4.78, 5) is 30.7. The van der Waals surface area contributed by atoms with Gasteiger partial charge in [-0.1, -0.05) is 0 Å². The maximum absolute atomic E-state index is 12.7. The van der Waals surface area contributed by atoms with Crippen molar-refractivity contribution in [1.82, 2.24) is 19.6 Å². The number of carbonyl (C=O) groups excluding carboxylic acids is 1. The Kier molecular flexibility index (Phi) is 4.96. The van der Waals surface area contributed by atoms with Gasteiger partial charge in [0, 0.05) is 62.6 Å². The molecule has 1 amide bonds. The molecule has 8 heteroatoms. The van der Waals surface area contributed by atoms with Crippen molar-refractivity contribution in [2.75, 3.05) is 20.2 Å². The lowest BCUT2D eigenvalue weighted by atomic mass is 9.93. The van der Waals surface area contributed by atoms with Crippen LogP contribution in [-0.2, 0) is 24.2 Å². The number of carbonyl (C=O) groups is 1. The molecule has 1 atom stereocenters. The summed E-state index contributed by atoms with van der Waals surface area (Å²) in [7, 11) is 1.53. The summed E-state index contributed by atoms with van der Waals surface area (Å²) in [5.41, 5.74) is 0.876. The molecule has 1 saturated heterocycles. The van der Waals surface area contributed by atoms with Gasteiger partial charge in [-0.3, -0.25) is 9.59 Å². The molecule has 0 aliphatic carbocycles. The first-order valence-corrected chi connectivity index (χ1v) is 9.52. The fourth-order valence-electron chi connectivity index (χ4n) is 4.10. The van der Waals surface area contributed by atoms with Crippen LogP contribution in [0.1, 0.15) is 48.9 Å². The van der Waals surface area contributed by atoms with Gasteiger partial charge in [0.05, 0.1) is 7.11 Å². The molecule has 0 saturated carbocycles. The molecule has 4 heterocycles. The van der Waals surface area contributed by atoms with Gasteiger partial charge < -0.3 is 18.7 Å². The van der Waals surface area contributed by atoms with Crippen LogP contribution in [0.3, 0.4) is 0 Å². The number of methoxy groups -OCH3 is 1. The van der Waals surface area contributed by atoms with E-state index in [1.807, 2.05) is 4.90 Å². The molecule has 0 spiro atoms. The molecule has 2 aliphatic heterocycles. The lowest BCUT2D eigenvalue weighted by Crippen LogP contribution is -2.40. The molecule has 0 N–H and O–H groups in total. The molecule has 0 aromatic carbocycles. The number of hydrogen-bond acceptors (Lipinski definition) is 6. The fraction of sp³-hybridized carbons (Fsp3) is 0.579. The van der Waals surface area contributed by atoms with E-state index in [4.69, 9.17) is 9.26 Å². The van der Waals surface area contributed by atoms with E-state index in [2.05, 4.69) is 14.7 Å². The van der Waals surface area contributed by atoms with Crippen LogP contribution in [0.25, 0.3) is 0 Å². The molecule has 2 aromatic rings. The van der Waals surface area contributed by atoms with E-state index in [0.717, 1.165) is 50.3 Å². The maximum atomic E-state index is 12.7. The molecule has 8 nitrogen and oxygen atoms in total. The minimum Gasteiger partial charge on any atom is -0.479 e. The van der Waals surface area contributed by atoms with E-state index < -0.39 is 0 Å². The van der Waals surface area contributed by atoms with Gasteiger partial charge in [0.15, 0.2) is 0 Å². The van der Waals surface area contributed by atoms with E-state index in [0.29, 0.717) is 31.0 Å². The van der Waals surface area contributed by atoms with Crippen molar-refractivity contribution < 1.29 is 14.1 Å². The number of aryl methyl sites for hydroxylation is 2. The van der Waals surface area contributed by atoms with Crippen LogP contribution in [0, 0.1) is 0 Å². The second-order valence-corrected chi connectivity index (χ2v) is 7.21. The van der Waals surface area contributed by atoms with Gasteiger partial charge in [-0.2, -0.15) is 4.98 Å². The van der Waals surface area contributed by atoms with Gasteiger partial charge in [0.25, 0.3) is 11.4 Å². The van der Waals surface area contributed by atoms with Crippen LogP contribution in [-0.4, -0.2) is 45.7 Å². The van der Waals surface area contributed by atoms with E-state index in [9.17, 15) is 9.59 Å². The highest BCUT2D eigenvalue weighted by Gasteiger charge is 2.28. The first-order valence-electron chi connectivity index (χ1n) is 9.52. The number of nitrogens with zero attached hydrogens (tertiary/aromatic N) is 4. The highest BCUT2D eigenvalue weighted by Crippen LogP contribution is 2.29. The summed E-state index contributed by atoms with van der Waals surface area (Å²) in [6.45, 7) is 2.33. The smallest absolute Gasteiger partial charge is 0.273 e. The lowest BCUT2D eigenvalue weighted by molar-refractivity contribution is -0.132. The third kappa shape index (κ3) is 3.74. The Hall–Kier alpha value is -2.64. The van der Waals surface area contributed by atoms with Crippen molar-refractivity contribution in [3.63, 3.8) is 0 Å². The van der Waals surface area contributed by atoms with Crippen molar-refractivity contribution in [1.29, 1.82) is 0 Å². The summed E-state index contributed by atoms with van der Waals surface area (Å²) in [5.74, 6) is 2.26. The summed E-state index contributed by atoms with van der Waals surface area (Å²) in [6, 6.07) is 3.37. The SMILES string of the molecule is COc1cc(CCC(=O)N2CCCC(c3cc(=O)nc4n3CCC4)C2)on1. The quantitative estimate of drug-likeness (QED) is 0.790. The van der Waals surface area contributed by atoms with Crippen molar-refractivity contribution in [2.45, 2.75) is 51.0 Å². The first-order chi connectivity index (χ1) is 13.1. The molecule has 2 aromatic heterocycles. The van der Waals surface area contributed by atoms with Gasteiger partial charge in [0.1, 0.15) is 11.6 Å². The average Bonchev–Trinajstić information content (AvgIpc) is 3.34. The number of fused-ring (bicyclic) bond motifs is 1. The van der Waals surface area contributed by atoms with E-state index in [1.165, 1.54) is 7.11 Å². The molecule has 4 rings (SSSR count). The van der Waals surface area contributed by atoms with Crippen LogP contribution >= 0.6 is 0 Å². The normalized spacial score (nSPS) is 19.1. The number of rotatable bonds is 5. The number of amides is 1. The monoisotopic (exact) mass is 372 g/mol. The standard InChI is InChI=1S/C19H24N4O4/c1-26-18-10-14(27-21-18)6-7-19(25)22-8-2-4-13(12-22)15-11-17(24)20-16-5-3-9-23(15)16/h10-11,13H,2-9,12H2,1H3. The summed E-state index contributed by atoms with van der Waals surface area (Å²) >= 11 is 0. The van der Waals surface area contributed by atoms with E-state index in [1.54, 1.807) is 12.1 Å². The van der Waals surface area contributed by atoms with Crippen molar-refractivity contribution >= 4 is 5.91 Å². The second-order valence-electron chi connectivity index (χ2n) is 7.21. The Morgan fingerprint density at radius 1 is 1.33 bits per heavy atom. The van der Waals surface area contributed by atoms with E-state index in [-0.39, 0.29) is 17.4 Å². The zero-order chi connectivity index (χ0) is 18.8. The summed E-state index contributed by atoms with van der Waals surface area (Å²) in [5, 5.41) is 3.76. The van der Waals surface area contributed by atoms with Gasteiger partial charge >= 0.3 is 0 Å². The van der Waals surface area contributed by atoms with Crippen LogP contribution in [0.2, 0.25) is 0 Å². The maximum Gasteiger partial charge on any atom is 0.273 e. The molecule has 1 fully saturated rings. The minimum atomic E-state index is -0.166. The third-order valence-electron chi connectivity index (χ3n) is 5.44. The second kappa shape index (κ2) is 7.54. The lowest BCUT2D eigenvalue weighted by Gasteiger charge is -2.34. The molecule has 27 heavy (non-hydrogen) atoms. The van der Waals surface area contributed by atoms with Crippen LogP contribution in [0.5, 0.6) is 5.88 Å². The van der Waals surface area contributed by atoms with Crippen LogP contribution < -0.4 is 10.3 Å². The highest BCUT2D eigenvalue weighted by atomic mass is 16.5. The fourth-order valence-corrected chi connectivity index (χ4v) is 4.10. The number of hydrogen-bond donors (Lipinski definition) is 0. The number of piperidine rings is 1. The average molecular weight is 372 g/mol. The van der Waals surface area contributed by atoms with Gasteiger partial charge in [-0.05, 0) is 24.4 Å². The van der Waals surface area contributed by atoms with Crippen LogP contribution in [0.4, 0.5) is 0 Å². The third-order valence-corrected chi connectivity index (χ3v) is 5.44. The Balaban J connectivity index is 1.42. The Morgan fingerprint density at radius 3 is 3.04 bits per heavy atom. The molecule has 0 bridgehead atoms. The first kappa shape index (κ1) is 17.8. The van der Waals surface area contributed by atoms with Gasteiger partial charge in [0.2, 0.25) is 5.91 Å². The van der Waals surface area contributed by atoms with Crippen LogP contribution in [0.15, 0.2) is 21.5 Å². The van der Waals surface area contributed by atoms with Gasteiger partial charge in [-0.15, -0.1) is 0 Å². The molecular weight excluding hydrogens is 348 g/mol. The summed E-state index contributed by atoms with van der Waals surface area (Å²) < 4.78 is 12.3. The largest absolute Gasteiger partial charge is 0.479 e. The molecule has 0 radical (unpaired) electrons. The molecule has 144 valence electrons. The molecule has 2 aliphatic rings. The van der Waals surface area contributed by atoms with Gasteiger partial charge in [-0.25, -0.2) is 0 Å². The summed E-state index contributed by atoms with van der Waals surface area (Å²) in [6.07, 6.45) is 4.70. The number of likely N-dealkylation sites (tertiary alicyclic amines) is 1. The molecule has 1 unspecified atom stereocenters. The predicted molar refractivity (Wildman–Crippen MR) is 96.7 cm³/mol. The van der Waals surface area contributed by atoms with E-state index >= 15 is 0 Å². The zero-order valence-electron chi connectivity index (χ0n) is 15.5. The van der Waals surface area contributed by atoms with Crippen molar-refractivity contribution in [3.8, 4) is 5.88 Å². The van der Waals surface area contributed by atoms with Crippen molar-refractivity contribution in [2.24, 2.45) is 0 Å². The Morgan fingerprint density at radius 2 is 2.22 bits per heavy atom. The number of aromatic nitrogens is 3. The Bertz CT molecular complexity index is 888. The predicted octanol–water partition coefficient (Wildman–Crippen LogP) is 1.52. The topological polar surface area (TPSA) is 90.5 Å². The molecular formula is C19H24N4O4. The number of ether oxygens (including phenoxy) is 1. The zero-order valence-corrected chi connectivity index (χ0v) is 15.5. The minimum absolute atomic E-state index is 0.105. The highest BCUT2D eigenvalue weighted by molar-refractivity contribution is 5.76.